The predicted octanol–water partition coefficient (Wildman–Crippen LogP) is 0.972. The first-order valence-electron chi connectivity index (χ1n) is 5.42. The van der Waals surface area contributed by atoms with Gasteiger partial charge in [-0.15, -0.1) is 0 Å². The van der Waals surface area contributed by atoms with Crippen molar-refractivity contribution in [2.24, 2.45) is 5.14 Å². The summed E-state index contributed by atoms with van der Waals surface area (Å²) in [6.07, 6.45) is 0.575. The minimum absolute atomic E-state index is 0.260. The van der Waals surface area contributed by atoms with Gasteiger partial charge in [-0.2, -0.15) is 0 Å². The van der Waals surface area contributed by atoms with Gasteiger partial charge in [0.2, 0.25) is 10.0 Å². The van der Waals surface area contributed by atoms with E-state index in [0.29, 0.717) is 18.6 Å². The molecule has 11 heteroatoms. The third-order valence-electron chi connectivity index (χ3n) is 2.34. The van der Waals surface area contributed by atoms with E-state index in [1.54, 1.807) is 6.92 Å². The van der Waals surface area contributed by atoms with Crippen LogP contribution < -0.4 is 10.5 Å². The Kier molecular flexibility index (Phi) is 4.57. The van der Waals surface area contributed by atoms with Crippen LogP contribution in [-0.2, 0) is 10.0 Å². The molecule has 0 unspecified atom stereocenters. The van der Waals surface area contributed by atoms with Crippen LogP contribution in [-0.4, -0.2) is 24.8 Å². The SMILES string of the molecule is CCCNc1c([N+](=O)[O-])cc(S(N)(=O)=O)cc1[N+](=O)[O-]. The first kappa shape index (κ1) is 15.8. The lowest BCUT2D eigenvalue weighted by molar-refractivity contribution is -0.392. The lowest BCUT2D eigenvalue weighted by Gasteiger charge is -2.08. The summed E-state index contributed by atoms with van der Waals surface area (Å²) in [4.78, 5) is 19.4. The Bertz CT molecular complexity index is 621. The van der Waals surface area contributed by atoms with E-state index in [0.717, 1.165) is 0 Å². The van der Waals surface area contributed by atoms with Crippen LogP contribution in [0.5, 0.6) is 0 Å². The second-order valence-electron chi connectivity index (χ2n) is 3.82. The zero-order valence-corrected chi connectivity index (χ0v) is 11.2. The molecule has 0 atom stereocenters. The van der Waals surface area contributed by atoms with Crippen LogP contribution in [0.4, 0.5) is 17.1 Å². The molecule has 0 bridgehead atoms. The number of primary sulfonamides is 1. The molecule has 0 amide bonds. The molecule has 0 radical (unpaired) electrons. The maximum atomic E-state index is 11.2. The van der Waals surface area contributed by atoms with Crippen molar-refractivity contribution >= 4 is 27.1 Å². The minimum atomic E-state index is -4.29. The highest BCUT2D eigenvalue weighted by atomic mass is 32.2. The van der Waals surface area contributed by atoms with Crippen molar-refractivity contribution in [2.75, 3.05) is 11.9 Å². The zero-order valence-electron chi connectivity index (χ0n) is 10.4. The van der Waals surface area contributed by atoms with Crippen molar-refractivity contribution in [2.45, 2.75) is 18.2 Å². The van der Waals surface area contributed by atoms with E-state index in [2.05, 4.69) is 5.32 Å². The number of anilines is 1. The fourth-order valence-corrected chi connectivity index (χ4v) is 2.02. The molecule has 0 heterocycles. The van der Waals surface area contributed by atoms with Gasteiger partial charge in [0.15, 0.2) is 5.69 Å². The number of rotatable bonds is 6. The monoisotopic (exact) mass is 304 g/mol. The summed E-state index contributed by atoms with van der Waals surface area (Å²) in [6, 6.07) is 1.39. The Morgan fingerprint density at radius 3 is 1.95 bits per heavy atom. The lowest BCUT2D eigenvalue weighted by Crippen LogP contribution is -2.14. The average molecular weight is 304 g/mol. The molecule has 0 fully saturated rings. The molecule has 1 aromatic carbocycles. The molecular formula is C9H12N4O6S. The molecule has 0 aliphatic rings. The van der Waals surface area contributed by atoms with E-state index in [9.17, 15) is 28.6 Å². The summed E-state index contributed by atoms with van der Waals surface area (Å²) < 4.78 is 22.4. The molecule has 110 valence electrons. The molecular weight excluding hydrogens is 292 g/mol. The number of hydrogen-bond acceptors (Lipinski definition) is 7. The largest absolute Gasteiger partial charge is 0.374 e. The average Bonchev–Trinajstić information content (AvgIpc) is 2.33. The Morgan fingerprint density at radius 1 is 1.20 bits per heavy atom. The minimum Gasteiger partial charge on any atom is -0.374 e. The topological polar surface area (TPSA) is 158 Å². The smallest absolute Gasteiger partial charge is 0.300 e. The van der Waals surface area contributed by atoms with E-state index < -0.39 is 36.1 Å². The summed E-state index contributed by atoms with van der Waals surface area (Å²) in [5, 5.41) is 29.3. The number of nitrogens with zero attached hydrogens (tertiary/aromatic N) is 2. The number of nitro benzene ring substituents is 2. The van der Waals surface area contributed by atoms with Gasteiger partial charge in [0.25, 0.3) is 0 Å². The van der Waals surface area contributed by atoms with Crippen LogP contribution >= 0.6 is 0 Å². The molecule has 1 rings (SSSR count). The molecule has 1 aromatic rings. The quantitative estimate of drug-likeness (QED) is 0.585. The van der Waals surface area contributed by atoms with Crippen LogP contribution in [0, 0.1) is 20.2 Å². The number of nitro groups is 2. The second-order valence-corrected chi connectivity index (χ2v) is 5.38. The Labute approximate surface area is 113 Å². The van der Waals surface area contributed by atoms with E-state index in [-0.39, 0.29) is 12.2 Å². The van der Waals surface area contributed by atoms with Crippen molar-refractivity contribution in [3.63, 3.8) is 0 Å². The van der Waals surface area contributed by atoms with Gasteiger partial charge in [-0.3, -0.25) is 20.2 Å². The molecule has 10 nitrogen and oxygen atoms in total. The third-order valence-corrected chi connectivity index (χ3v) is 3.24. The van der Waals surface area contributed by atoms with Gasteiger partial charge < -0.3 is 5.32 Å². The third kappa shape index (κ3) is 3.39. The normalized spacial score (nSPS) is 11.1. The number of benzene rings is 1. The van der Waals surface area contributed by atoms with Crippen molar-refractivity contribution in [1.82, 2.24) is 0 Å². The van der Waals surface area contributed by atoms with E-state index in [1.165, 1.54) is 0 Å². The molecule has 3 N–H and O–H groups in total. The van der Waals surface area contributed by atoms with Crippen LogP contribution in [0.1, 0.15) is 13.3 Å². The first-order chi connectivity index (χ1) is 9.18. The number of sulfonamides is 1. The van der Waals surface area contributed by atoms with Crippen LogP contribution in [0.25, 0.3) is 0 Å². The molecule has 0 aromatic heterocycles. The first-order valence-corrected chi connectivity index (χ1v) is 6.96. The molecule has 0 aliphatic carbocycles. The van der Waals surface area contributed by atoms with Gasteiger partial charge in [-0.1, -0.05) is 6.92 Å². The maximum Gasteiger partial charge on any atom is 0.300 e. The van der Waals surface area contributed by atoms with Crippen molar-refractivity contribution in [3.05, 3.63) is 32.4 Å². The summed E-state index contributed by atoms with van der Waals surface area (Å²) in [7, 11) is -4.29. The molecule has 0 saturated carbocycles. The second kappa shape index (κ2) is 5.79. The molecule has 0 aliphatic heterocycles. The standard InChI is InChI=1S/C9H12N4O6S/c1-2-3-11-9-7(12(14)15)4-6(20(10,18)19)5-8(9)13(16)17/h4-5,11H,2-3H2,1H3,(H2,10,18,19). The van der Waals surface area contributed by atoms with Gasteiger partial charge in [0.1, 0.15) is 0 Å². The van der Waals surface area contributed by atoms with Gasteiger partial charge in [-0.25, -0.2) is 13.6 Å². The maximum absolute atomic E-state index is 11.2. The highest BCUT2D eigenvalue weighted by Gasteiger charge is 2.29. The van der Waals surface area contributed by atoms with Crippen LogP contribution in [0.2, 0.25) is 0 Å². The Hall–Kier alpha value is -2.27. The number of hydrogen-bond donors (Lipinski definition) is 2. The van der Waals surface area contributed by atoms with E-state index in [4.69, 9.17) is 5.14 Å². The highest BCUT2D eigenvalue weighted by molar-refractivity contribution is 7.89. The van der Waals surface area contributed by atoms with Crippen LogP contribution in [0.15, 0.2) is 17.0 Å². The summed E-state index contributed by atoms with van der Waals surface area (Å²) in [5.41, 5.74) is -1.76. The lowest BCUT2D eigenvalue weighted by atomic mass is 10.2. The summed E-state index contributed by atoms with van der Waals surface area (Å²) in [5.74, 6) is 0. The van der Waals surface area contributed by atoms with Gasteiger partial charge in [0.05, 0.1) is 14.7 Å². The fraction of sp³-hybridized carbons (Fsp3) is 0.333. The zero-order chi connectivity index (χ0) is 15.5. The molecule has 20 heavy (non-hydrogen) atoms. The van der Waals surface area contributed by atoms with Gasteiger partial charge in [0, 0.05) is 18.7 Å². The predicted molar refractivity (Wildman–Crippen MR) is 69.9 cm³/mol. The Balaban J connectivity index is 3.63. The Morgan fingerprint density at radius 2 is 1.65 bits per heavy atom. The van der Waals surface area contributed by atoms with Crippen LogP contribution in [0.3, 0.4) is 0 Å². The fourth-order valence-electron chi connectivity index (χ4n) is 1.47. The summed E-state index contributed by atoms with van der Waals surface area (Å²) in [6.45, 7) is 2.03. The van der Waals surface area contributed by atoms with Gasteiger partial charge in [-0.05, 0) is 6.42 Å². The summed E-state index contributed by atoms with van der Waals surface area (Å²) >= 11 is 0. The van der Waals surface area contributed by atoms with E-state index in [1.807, 2.05) is 0 Å². The highest BCUT2D eigenvalue weighted by Crippen LogP contribution is 2.36. The van der Waals surface area contributed by atoms with Gasteiger partial charge >= 0.3 is 11.4 Å². The van der Waals surface area contributed by atoms with Crippen molar-refractivity contribution in [1.29, 1.82) is 0 Å². The van der Waals surface area contributed by atoms with Crippen molar-refractivity contribution < 1.29 is 18.3 Å². The van der Waals surface area contributed by atoms with Crippen molar-refractivity contribution in [3.8, 4) is 0 Å². The number of nitrogens with two attached hydrogens (primary N) is 1. The molecule has 0 spiro atoms. The number of nitrogens with one attached hydrogen (secondary N) is 1. The van der Waals surface area contributed by atoms with E-state index >= 15 is 0 Å². The molecule has 0 saturated heterocycles.